The fraction of sp³-hybridized carbons (Fsp3) is 0.0588. The van der Waals surface area contributed by atoms with E-state index in [2.05, 4.69) is 4.98 Å². The number of aromatic nitrogens is 2. The van der Waals surface area contributed by atoms with Gasteiger partial charge >= 0.3 is 11.2 Å². The van der Waals surface area contributed by atoms with Gasteiger partial charge in [0.2, 0.25) is 5.58 Å². The van der Waals surface area contributed by atoms with E-state index in [0.717, 1.165) is 4.57 Å². The molecule has 0 aliphatic rings. The first-order chi connectivity index (χ1) is 11.2. The molecule has 4 aromatic rings. The zero-order valence-electron chi connectivity index (χ0n) is 12.2. The highest BCUT2D eigenvalue weighted by molar-refractivity contribution is 6.01. The van der Waals surface area contributed by atoms with Gasteiger partial charge in [-0.05, 0) is 36.4 Å². The predicted octanol–water partition coefficient (Wildman–Crippen LogP) is 2.43. The van der Waals surface area contributed by atoms with Crippen LogP contribution in [0.25, 0.3) is 27.8 Å². The molecule has 2 heterocycles. The van der Waals surface area contributed by atoms with Crippen LogP contribution in [0.2, 0.25) is 0 Å². The van der Waals surface area contributed by atoms with Crippen LogP contribution in [0, 0.1) is 0 Å². The molecule has 0 spiro atoms. The number of aromatic amines is 1. The van der Waals surface area contributed by atoms with Crippen LogP contribution in [0.4, 0.5) is 0 Å². The van der Waals surface area contributed by atoms with Crippen molar-refractivity contribution in [2.45, 2.75) is 0 Å². The van der Waals surface area contributed by atoms with Crippen LogP contribution in [-0.2, 0) is 0 Å². The van der Waals surface area contributed by atoms with Gasteiger partial charge in [-0.15, -0.1) is 0 Å². The Hall–Kier alpha value is -3.28. The molecule has 2 aromatic carbocycles. The molecule has 1 N–H and O–H groups in total. The maximum atomic E-state index is 12.7. The van der Waals surface area contributed by atoms with Crippen molar-refractivity contribution in [2.75, 3.05) is 7.11 Å². The zero-order valence-corrected chi connectivity index (χ0v) is 12.2. The lowest BCUT2D eigenvalue weighted by Crippen LogP contribution is -2.33. The number of benzene rings is 2. The van der Waals surface area contributed by atoms with E-state index in [-0.39, 0.29) is 5.58 Å². The molecule has 0 fully saturated rings. The monoisotopic (exact) mass is 308 g/mol. The van der Waals surface area contributed by atoms with Gasteiger partial charge in [0.1, 0.15) is 16.8 Å². The predicted molar refractivity (Wildman–Crippen MR) is 86.5 cm³/mol. The van der Waals surface area contributed by atoms with Crippen molar-refractivity contribution < 1.29 is 9.15 Å². The highest BCUT2D eigenvalue weighted by Gasteiger charge is 2.15. The summed E-state index contributed by atoms with van der Waals surface area (Å²) in [6, 6.07) is 13.8. The number of H-pyrrole nitrogens is 1. The fourth-order valence-electron chi connectivity index (χ4n) is 2.64. The summed E-state index contributed by atoms with van der Waals surface area (Å²) in [6.45, 7) is 0. The van der Waals surface area contributed by atoms with Gasteiger partial charge in [-0.2, -0.15) is 0 Å². The molecule has 4 rings (SSSR count). The molecule has 6 nitrogen and oxygen atoms in total. The molecule has 0 bridgehead atoms. The third-order valence-electron chi connectivity index (χ3n) is 3.76. The van der Waals surface area contributed by atoms with Gasteiger partial charge in [0.05, 0.1) is 12.8 Å². The molecule has 0 saturated carbocycles. The quantitative estimate of drug-likeness (QED) is 0.617. The van der Waals surface area contributed by atoms with Crippen molar-refractivity contribution >= 4 is 22.1 Å². The Labute approximate surface area is 129 Å². The van der Waals surface area contributed by atoms with Gasteiger partial charge in [-0.1, -0.05) is 12.1 Å². The van der Waals surface area contributed by atoms with Crippen molar-refractivity contribution in [1.29, 1.82) is 0 Å². The van der Waals surface area contributed by atoms with Crippen molar-refractivity contribution in [3.05, 3.63) is 69.4 Å². The van der Waals surface area contributed by atoms with Crippen LogP contribution in [0.1, 0.15) is 0 Å². The number of hydrogen-bond acceptors (Lipinski definition) is 4. The molecule has 0 atom stereocenters. The SMILES string of the molecule is COc1ccc(-n2c(=O)[nH]c3c(oc4ccccc43)c2=O)cc1. The molecule has 0 unspecified atom stereocenters. The third kappa shape index (κ3) is 1.96. The molecular weight excluding hydrogens is 296 g/mol. The van der Waals surface area contributed by atoms with Crippen molar-refractivity contribution in [2.24, 2.45) is 0 Å². The number of methoxy groups -OCH3 is 1. The normalized spacial score (nSPS) is 11.2. The van der Waals surface area contributed by atoms with E-state index < -0.39 is 11.2 Å². The van der Waals surface area contributed by atoms with E-state index in [1.54, 1.807) is 43.5 Å². The maximum Gasteiger partial charge on any atom is 0.333 e. The molecule has 6 heteroatoms. The molecule has 0 aliphatic heterocycles. The van der Waals surface area contributed by atoms with Crippen LogP contribution in [0.5, 0.6) is 5.75 Å². The van der Waals surface area contributed by atoms with Crippen LogP contribution in [0.15, 0.2) is 62.5 Å². The van der Waals surface area contributed by atoms with E-state index in [9.17, 15) is 9.59 Å². The van der Waals surface area contributed by atoms with Gasteiger partial charge in [-0.25, -0.2) is 9.36 Å². The van der Waals surface area contributed by atoms with Crippen LogP contribution in [-0.4, -0.2) is 16.7 Å². The summed E-state index contributed by atoms with van der Waals surface area (Å²) in [5.41, 5.74) is 0.536. The number of fused-ring (bicyclic) bond motifs is 3. The number of para-hydroxylation sites is 1. The minimum absolute atomic E-state index is 0.126. The molecule has 23 heavy (non-hydrogen) atoms. The van der Waals surface area contributed by atoms with Gasteiger partial charge in [0.15, 0.2) is 0 Å². The standard InChI is InChI=1S/C17H12N2O4/c1-22-11-8-6-10(7-9-11)19-16(20)15-14(18-17(19)21)12-4-2-3-5-13(12)23-15/h2-9H,1H3,(H,18,21). The number of nitrogens with zero attached hydrogens (tertiary/aromatic N) is 1. The first kappa shape index (κ1) is 13.4. The summed E-state index contributed by atoms with van der Waals surface area (Å²) in [5.74, 6) is 0.642. The Morgan fingerprint density at radius 3 is 2.52 bits per heavy atom. The largest absolute Gasteiger partial charge is 0.497 e. The average molecular weight is 308 g/mol. The second kappa shape index (κ2) is 4.88. The molecule has 0 amide bonds. The Balaban J connectivity index is 2.05. The smallest absolute Gasteiger partial charge is 0.333 e. The lowest BCUT2D eigenvalue weighted by Gasteiger charge is -2.05. The lowest BCUT2D eigenvalue weighted by molar-refractivity contribution is 0.414. The first-order valence-electron chi connectivity index (χ1n) is 7.00. The Bertz CT molecular complexity index is 1130. The van der Waals surface area contributed by atoms with E-state index >= 15 is 0 Å². The molecule has 2 aromatic heterocycles. The molecule has 0 aliphatic carbocycles. The minimum Gasteiger partial charge on any atom is -0.497 e. The summed E-state index contributed by atoms with van der Waals surface area (Å²) >= 11 is 0. The molecule has 0 radical (unpaired) electrons. The van der Waals surface area contributed by atoms with Gasteiger partial charge in [0.25, 0.3) is 0 Å². The number of hydrogen-bond donors (Lipinski definition) is 1. The third-order valence-corrected chi connectivity index (χ3v) is 3.76. The van der Waals surface area contributed by atoms with E-state index in [1.807, 2.05) is 12.1 Å². The van der Waals surface area contributed by atoms with Gasteiger partial charge in [0, 0.05) is 5.39 Å². The fourth-order valence-corrected chi connectivity index (χ4v) is 2.64. The summed E-state index contributed by atoms with van der Waals surface area (Å²) in [5, 5.41) is 0.707. The highest BCUT2D eigenvalue weighted by atomic mass is 16.5. The number of ether oxygens (including phenoxy) is 1. The summed E-state index contributed by atoms with van der Waals surface area (Å²) in [4.78, 5) is 27.8. The van der Waals surface area contributed by atoms with E-state index in [4.69, 9.17) is 9.15 Å². The summed E-state index contributed by atoms with van der Waals surface area (Å²) in [6.07, 6.45) is 0. The van der Waals surface area contributed by atoms with Crippen LogP contribution in [0.3, 0.4) is 0 Å². The average Bonchev–Trinajstić information content (AvgIpc) is 2.95. The lowest BCUT2D eigenvalue weighted by atomic mass is 10.2. The first-order valence-corrected chi connectivity index (χ1v) is 7.00. The van der Waals surface area contributed by atoms with E-state index in [1.165, 1.54) is 0 Å². The topological polar surface area (TPSA) is 77.2 Å². The van der Waals surface area contributed by atoms with Crippen LogP contribution < -0.4 is 16.0 Å². The van der Waals surface area contributed by atoms with Crippen LogP contribution >= 0.6 is 0 Å². The second-order valence-electron chi connectivity index (χ2n) is 5.07. The Morgan fingerprint density at radius 1 is 1.04 bits per heavy atom. The molecular formula is C17H12N2O4. The number of rotatable bonds is 2. The maximum absolute atomic E-state index is 12.7. The number of nitrogens with one attached hydrogen (secondary N) is 1. The van der Waals surface area contributed by atoms with Crippen molar-refractivity contribution in [3.8, 4) is 11.4 Å². The van der Waals surface area contributed by atoms with Crippen molar-refractivity contribution in [1.82, 2.24) is 9.55 Å². The second-order valence-corrected chi connectivity index (χ2v) is 5.07. The molecule has 0 saturated heterocycles. The summed E-state index contributed by atoms with van der Waals surface area (Å²) < 4.78 is 11.7. The highest BCUT2D eigenvalue weighted by Crippen LogP contribution is 2.24. The van der Waals surface area contributed by atoms with Gasteiger partial charge < -0.3 is 14.1 Å². The van der Waals surface area contributed by atoms with E-state index in [0.29, 0.717) is 27.9 Å². The van der Waals surface area contributed by atoms with Crippen molar-refractivity contribution in [3.63, 3.8) is 0 Å². The molecule has 114 valence electrons. The summed E-state index contributed by atoms with van der Waals surface area (Å²) in [7, 11) is 1.55. The number of furan rings is 1. The Kier molecular flexibility index (Phi) is 2.84. The zero-order chi connectivity index (χ0) is 16.0. The minimum atomic E-state index is -0.515. The Morgan fingerprint density at radius 2 is 1.78 bits per heavy atom. The van der Waals surface area contributed by atoms with Gasteiger partial charge in [-0.3, -0.25) is 4.79 Å².